The van der Waals surface area contributed by atoms with Gasteiger partial charge in [0.15, 0.2) is 0 Å². The lowest BCUT2D eigenvalue weighted by Crippen LogP contribution is -2.00. The van der Waals surface area contributed by atoms with Gasteiger partial charge in [0.2, 0.25) is 0 Å². The molecule has 106 valence electrons. The van der Waals surface area contributed by atoms with Crippen molar-refractivity contribution < 1.29 is 5.11 Å². The third-order valence-electron chi connectivity index (χ3n) is 3.22. The zero-order chi connectivity index (χ0) is 14.7. The Hall–Kier alpha value is -1.36. The number of nitrogens with zero attached hydrogens (tertiary/aromatic N) is 1. The fraction of sp³-hybridized carbons (Fsp3) is 0.118. The van der Waals surface area contributed by atoms with E-state index in [0.717, 1.165) is 25.8 Å². The van der Waals surface area contributed by atoms with Crippen LogP contribution in [0.2, 0.25) is 0 Å². The summed E-state index contributed by atoms with van der Waals surface area (Å²) in [5.74, 6) is 0.620. The lowest BCUT2D eigenvalue weighted by Gasteiger charge is -2.11. The van der Waals surface area contributed by atoms with Crippen LogP contribution in [-0.2, 0) is 0 Å². The largest absolute Gasteiger partial charge is 0.388 e. The Bertz CT molecular complexity index is 762. The van der Waals surface area contributed by atoms with Gasteiger partial charge in [0.1, 0.15) is 0 Å². The number of benzene rings is 2. The summed E-state index contributed by atoms with van der Waals surface area (Å²) in [6.07, 6.45) is 1.27. The van der Waals surface area contributed by atoms with Crippen molar-refractivity contribution in [2.24, 2.45) is 0 Å². The molecular formula is C17H14BrNOS. The summed E-state index contributed by atoms with van der Waals surface area (Å²) in [4.78, 5) is 5.47. The second-order valence-electron chi connectivity index (χ2n) is 4.74. The molecule has 0 fully saturated rings. The molecule has 1 unspecified atom stereocenters. The number of aromatic nitrogens is 1. The van der Waals surface area contributed by atoms with Gasteiger partial charge in [0.25, 0.3) is 0 Å². The Balaban J connectivity index is 1.73. The van der Waals surface area contributed by atoms with Gasteiger partial charge in [-0.1, -0.05) is 40.2 Å². The van der Waals surface area contributed by atoms with Crippen LogP contribution in [0.5, 0.6) is 0 Å². The summed E-state index contributed by atoms with van der Waals surface area (Å²) in [7, 11) is 0. The average molecular weight is 360 g/mol. The van der Waals surface area contributed by atoms with Crippen molar-refractivity contribution in [3.63, 3.8) is 0 Å². The molecule has 2 aromatic carbocycles. The van der Waals surface area contributed by atoms with Crippen LogP contribution in [0.1, 0.15) is 11.7 Å². The van der Waals surface area contributed by atoms with E-state index in [0.29, 0.717) is 5.75 Å². The highest BCUT2D eigenvalue weighted by Gasteiger charge is 2.09. The molecule has 3 aromatic rings. The highest BCUT2D eigenvalue weighted by molar-refractivity contribution is 9.10. The number of rotatable bonds is 4. The molecule has 0 saturated heterocycles. The van der Waals surface area contributed by atoms with Crippen molar-refractivity contribution >= 4 is 38.6 Å². The summed E-state index contributed by atoms with van der Waals surface area (Å²) in [6, 6.07) is 18.0. The molecule has 1 heterocycles. The van der Waals surface area contributed by atoms with E-state index in [-0.39, 0.29) is 0 Å². The molecule has 0 spiro atoms. The predicted molar refractivity (Wildman–Crippen MR) is 91.6 cm³/mol. The number of fused-ring (bicyclic) bond motifs is 1. The second kappa shape index (κ2) is 6.60. The number of hydrogen-bond acceptors (Lipinski definition) is 3. The molecule has 0 aliphatic carbocycles. The Labute approximate surface area is 136 Å². The molecule has 0 aliphatic heterocycles. The van der Waals surface area contributed by atoms with Crippen LogP contribution in [0.15, 0.2) is 70.2 Å². The number of thioether (sulfide) groups is 1. The summed E-state index contributed by atoms with van der Waals surface area (Å²) < 4.78 is 1.05. The third kappa shape index (κ3) is 3.64. The topological polar surface area (TPSA) is 33.1 Å². The highest BCUT2D eigenvalue weighted by Crippen LogP contribution is 2.27. The minimum Gasteiger partial charge on any atom is -0.388 e. The molecule has 1 atom stereocenters. The molecule has 1 N–H and O–H groups in total. The van der Waals surface area contributed by atoms with Gasteiger partial charge in [-0.3, -0.25) is 4.98 Å². The Kier molecular flexibility index (Phi) is 4.58. The highest BCUT2D eigenvalue weighted by atomic mass is 79.9. The van der Waals surface area contributed by atoms with E-state index in [9.17, 15) is 5.11 Å². The van der Waals surface area contributed by atoms with Crippen LogP contribution in [0.4, 0.5) is 0 Å². The number of aliphatic hydroxyl groups excluding tert-OH is 1. The average Bonchev–Trinajstić information content (AvgIpc) is 2.52. The van der Waals surface area contributed by atoms with Gasteiger partial charge in [-0.2, -0.15) is 0 Å². The van der Waals surface area contributed by atoms with Gasteiger partial charge < -0.3 is 5.11 Å². The van der Waals surface area contributed by atoms with Crippen LogP contribution in [0.25, 0.3) is 10.9 Å². The molecule has 3 rings (SSSR count). The monoisotopic (exact) mass is 359 g/mol. The first-order valence-corrected chi connectivity index (χ1v) is 8.41. The number of hydrogen-bond donors (Lipinski definition) is 1. The second-order valence-corrected chi connectivity index (χ2v) is 6.75. The fourth-order valence-corrected chi connectivity index (χ4v) is 3.60. The van der Waals surface area contributed by atoms with E-state index >= 15 is 0 Å². The first kappa shape index (κ1) is 14.6. The maximum atomic E-state index is 10.4. The normalized spacial score (nSPS) is 12.5. The quantitative estimate of drug-likeness (QED) is 0.677. The fourth-order valence-electron chi connectivity index (χ4n) is 2.12. The van der Waals surface area contributed by atoms with Gasteiger partial charge >= 0.3 is 0 Å². The minimum absolute atomic E-state index is 0.500. The molecule has 21 heavy (non-hydrogen) atoms. The van der Waals surface area contributed by atoms with E-state index in [1.165, 1.54) is 0 Å². The molecule has 0 aliphatic rings. The minimum atomic E-state index is -0.500. The van der Waals surface area contributed by atoms with Crippen LogP contribution in [-0.4, -0.2) is 15.8 Å². The van der Waals surface area contributed by atoms with Gasteiger partial charge in [0, 0.05) is 26.7 Å². The van der Waals surface area contributed by atoms with Crippen LogP contribution in [0, 0.1) is 0 Å². The summed E-state index contributed by atoms with van der Waals surface area (Å²) in [6.45, 7) is 0. The van der Waals surface area contributed by atoms with Crippen LogP contribution in [0.3, 0.4) is 0 Å². The standard InChI is InChI=1S/C17H14BrNOS/c18-14-4-1-5-15(10-14)21-11-17(20)13-7-6-12-3-2-8-19-16(12)9-13/h1-10,17,20H,11H2. The van der Waals surface area contributed by atoms with E-state index in [1.807, 2.05) is 48.5 Å². The van der Waals surface area contributed by atoms with E-state index < -0.39 is 6.10 Å². The predicted octanol–water partition coefficient (Wildman–Crippen LogP) is 4.82. The van der Waals surface area contributed by atoms with Crippen molar-refractivity contribution in [1.82, 2.24) is 4.98 Å². The van der Waals surface area contributed by atoms with Gasteiger partial charge in [0.05, 0.1) is 11.6 Å². The van der Waals surface area contributed by atoms with Crippen molar-refractivity contribution in [2.75, 3.05) is 5.75 Å². The summed E-state index contributed by atoms with van der Waals surface area (Å²) in [5.41, 5.74) is 1.82. The number of halogens is 1. The molecule has 0 bridgehead atoms. The summed E-state index contributed by atoms with van der Waals surface area (Å²) >= 11 is 5.10. The van der Waals surface area contributed by atoms with Crippen molar-refractivity contribution in [1.29, 1.82) is 0 Å². The summed E-state index contributed by atoms with van der Waals surface area (Å²) in [5, 5.41) is 11.4. The van der Waals surface area contributed by atoms with E-state index in [4.69, 9.17) is 0 Å². The first-order chi connectivity index (χ1) is 10.2. The molecule has 4 heteroatoms. The van der Waals surface area contributed by atoms with Crippen molar-refractivity contribution in [3.8, 4) is 0 Å². The van der Waals surface area contributed by atoms with E-state index in [1.54, 1.807) is 18.0 Å². The Morgan fingerprint density at radius 1 is 1.10 bits per heavy atom. The third-order valence-corrected chi connectivity index (χ3v) is 4.78. The molecule has 0 radical (unpaired) electrons. The smallest absolute Gasteiger partial charge is 0.0884 e. The Morgan fingerprint density at radius 2 is 2.00 bits per heavy atom. The molecule has 2 nitrogen and oxygen atoms in total. The van der Waals surface area contributed by atoms with Crippen molar-refractivity contribution in [3.05, 3.63) is 70.8 Å². The lowest BCUT2D eigenvalue weighted by atomic mass is 10.1. The van der Waals surface area contributed by atoms with Crippen LogP contribution < -0.4 is 0 Å². The zero-order valence-electron chi connectivity index (χ0n) is 11.2. The zero-order valence-corrected chi connectivity index (χ0v) is 13.6. The maximum absolute atomic E-state index is 10.4. The molecule has 0 saturated carbocycles. The Morgan fingerprint density at radius 3 is 2.86 bits per heavy atom. The number of pyridine rings is 1. The van der Waals surface area contributed by atoms with Crippen LogP contribution >= 0.6 is 27.7 Å². The van der Waals surface area contributed by atoms with Crippen molar-refractivity contribution in [2.45, 2.75) is 11.0 Å². The molecular weight excluding hydrogens is 346 g/mol. The first-order valence-electron chi connectivity index (χ1n) is 6.63. The van der Waals surface area contributed by atoms with Gasteiger partial charge in [-0.15, -0.1) is 11.8 Å². The molecule has 0 amide bonds. The van der Waals surface area contributed by atoms with E-state index in [2.05, 4.69) is 27.0 Å². The number of aliphatic hydroxyl groups is 1. The SMILES string of the molecule is OC(CSc1cccc(Br)c1)c1ccc2cccnc2c1. The molecule has 1 aromatic heterocycles. The lowest BCUT2D eigenvalue weighted by molar-refractivity contribution is 0.204. The van der Waals surface area contributed by atoms with Gasteiger partial charge in [-0.25, -0.2) is 0 Å². The van der Waals surface area contributed by atoms with Gasteiger partial charge in [-0.05, 0) is 35.9 Å². The maximum Gasteiger partial charge on any atom is 0.0884 e.